The molecule has 4 heteroatoms. The second-order valence-electron chi connectivity index (χ2n) is 9.65. The van der Waals surface area contributed by atoms with Gasteiger partial charge in [-0.2, -0.15) is 4.39 Å². The number of nitrogens with zero attached hydrogens (tertiary/aromatic N) is 3. The van der Waals surface area contributed by atoms with E-state index in [4.69, 9.17) is 0 Å². The molecule has 0 radical (unpaired) electrons. The summed E-state index contributed by atoms with van der Waals surface area (Å²) in [7, 11) is 0. The van der Waals surface area contributed by atoms with Crippen molar-refractivity contribution in [1.29, 1.82) is 0 Å². The van der Waals surface area contributed by atoms with E-state index in [0.717, 1.165) is 51.3 Å². The molecule has 3 nitrogen and oxygen atoms in total. The molecule has 0 saturated carbocycles. The Bertz CT molecular complexity index is 1100. The van der Waals surface area contributed by atoms with Crippen LogP contribution in [0.4, 0.5) is 10.1 Å². The Morgan fingerprint density at radius 3 is 2.19 bits per heavy atom. The smallest absolute Gasteiger partial charge is 0.205 e. The van der Waals surface area contributed by atoms with Crippen LogP contribution in [-0.2, 0) is 6.54 Å². The van der Waals surface area contributed by atoms with Crippen LogP contribution >= 0.6 is 0 Å². The lowest BCUT2D eigenvalue weighted by Crippen LogP contribution is -2.36. The topological polar surface area (TPSA) is 10.4 Å². The average molecular weight is 491 g/mol. The fourth-order valence-electron chi connectivity index (χ4n) is 4.70. The molecule has 0 atom stereocenters. The highest BCUT2D eigenvalue weighted by Crippen LogP contribution is 2.27. The summed E-state index contributed by atoms with van der Waals surface area (Å²) in [6.45, 7) is 15.1. The lowest BCUT2D eigenvalue weighted by molar-refractivity contribution is -0.698. The van der Waals surface area contributed by atoms with E-state index in [1.165, 1.54) is 42.1 Å². The average Bonchev–Trinajstić information content (AvgIpc) is 2.90. The zero-order chi connectivity index (χ0) is 25.8. The molecule has 3 aromatic rings. The van der Waals surface area contributed by atoms with Gasteiger partial charge in [-0.3, -0.25) is 0 Å². The van der Waals surface area contributed by atoms with E-state index >= 15 is 0 Å². The molecule has 0 N–H and O–H groups in total. The van der Waals surface area contributed by atoms with Gasteiger partial charge in [-0.15, -0.1) is 0 Å². The standard InChI is InChI=1S/C32H45FN3/c1-5-9-22-36(23-10-6-2)30-17-18-31-27(13-11-14-29(31)25-30)15-16-28-19-24-35(26-32(28)33)21-12-20-34(7-3)8-4/h11,13-19,24-26H,5-10,12,20-23H2,1-4H3/q+1/b16-15+. The molecule has 0 aliphatic rings. The first-order chi connectivity index (χ1) is 17.6. The summed E-state index contributed by atoms with van der Waals surface area (Å²) in [5, 5.41) is 2.43. The van der Waals surface area contributed by atoms with Gasteiger partial charge in [-0.1, -0.05) is 77.0 Å². The molecule has 1 aromatic heterocycles. The van der Waals surface area contributed by atoms with Crippen LogP contribution < -0.4 is 9.47 Å². The summed E-state index contributed by atoms with van der Waals surface area (Å²) in [4.78, 5) is 4.92. The molecule has 0 bridgehead atoms. The van der Waals surface area contributed by atoms with Gasteiger partial charge in [0.2, 0.25) is 6.20 Å². The fraction of sp³-hybridized carbons (Fsp3) is 0.469. The predicted molar refractivity (Wildman–Crippen MR) is 154 cm³/mol. The van der Waals surface area contributed by atoms with Crippen LogP contribution in [0.3, 0.4) is 0 Å². The minimum Gasteiger partial charge on any atom is -0.372 e. The summed E-state index contributed by atoms with van der Waals surface area (Å²) >= 11 is 0. The normalized spacial score (nSPS) is 11.7. The maximum Gasteiger partial charge on any atom is 0.205 e. The van der Waals surface area contributed by atoms with E-state index in [2.05, 4.69) is 73.9 Å². The molecular weight excluding hydrogens is 445 g/mol. The molecule has 0 unspecified atom stereocenters. The van der Waals surface area contributed by atoms with Crippen LogP contribution in [0.25, 0.3) is 22.9 Å². The molecule has 2 aromatic carbocycles. The molecule has 0 spiro atoms. The number of unbranched alkanes of at least 4 members (excludes halogenated alkanes) is 2. The van der Waals surface area contributed by atoms with Gasteiger partial charge in [-0.25, -0.2) is 4.57 Å². The molecule has 0 saturated heterocycles. The van der Waals surface area contributed by atoms with Gasteiger partial charge in [0.25, 0.3) is 0 Å². The van der Waals surface area contributed by atoms with E-state index in [0.29, 0.717) is 5.56 Å². The maximum absolute atomic E-state index is 14.8. The van der Waals surface area contributed by atoms with E-state index in [1.54, 1.807) is 6.20 Å². The third-order valence-electron chi connectivity index (χ3n) is 7.05. The first-order valence-electron chi connectivity index (χ1n) is 14.0. The van der Waals surface area contributed by atoms with Crippen LogP contribution in [-0.4, -0.2) is 37.6 Å². The van der Waals surface area contributed by atoms with E-state index in [9.17, 15) is 4.39 Å². The second kappa shape index (κ2) is 14.7. The van der Waals surface area contributed by atoms with Crippen LogP contribution in [0, 0.1) is 5.82 Å². The first kappa shape index (κ1) is 27.9. The zero-order valence-corrected chi connectivity index (χ0v) is 22.8. The Hall–Kier alpha value is -2.72. The number of pyridine rings is 1. The Kier molecular flexibility index (Phi) is 11.4. The number of hydrogen-bond acceptors (Lipinski definition) is 2. The summed E-state index contributed by atoms with van der Waals surface area (Å²) < 4.78 is 16.8. The zero-order valence-electron chi connectivity index (χ0n) is 22.8. The van der Waals surface area contributed by atoms with Crippen LogP contribution in [0.1, 0.15) is 70.9 Å². The van der Waals surface area contributed by atoms with E-state index in [-0.39, 0.29) is 5.82 Å². The maximum atomic E-state index is 14.8. The van der Waals surface area contributed by atoms with Gasteiger partial charge >= 0.3 is 0 Å². The predicted octanol–water partition coefficient (Wildman–Crippen LogP) is 7.58. The molecule has 0 amide bonds. The Balaban J connectivity index is 1.74. The van der Waals surface area contributed by atoms with Gasteiger partial charge in [-0.05, 0) is 54.4 Å². The monoisotopic (exact) mass is 490 g/mol. The van der Waals surface area contributed by atoms with Crippen molar-refractivity contribution in [1.82, 2.24) is 4.90 Å². The van der Waals surface area contributed by atoms with Crippen molar-refractivity contribution >= 4 is 28.6 Å². The molecular formula is C32H45FN3+. The Labute approximate surface area is 218 Å². The summed E-state index contributed by atoms with van der Waals surface area (Å²) in [6, 6.07) is 15.0. The quantitative estimate of drug-likeness (QED) is 0.203. The number of aryl methyl sites for hydroxylation is 1. The summed E-state index contributed by atoms with van der Waals surface area (Å²) in [5.41, 5.74) is 3.03. The van der Waals surface area contributed by atoms with Crippen molar-refractivity contribution in [2.75, 3.05) is 37.6 Å². The second-order valence-corrected chi connectivity index (χ2v) is 9.65. The minimum atomic E-state index is -0.179. The molecule has 36 heavy (non-hydrogen) atoms. The van der Waals surface area contributed by atoms with Gasteiger partial charge < -0.3 is 9.80 Å². The fourth-order valence-corrected chi connectivity index (χ4v) is 4.70. The molecule has 0 aliphatic carbocycles. The molecule has 194 valence electrons. The number of hydrogen-bond donors (Lipinski definition) is 0. The highest BCUT2D eigenvalue weighted by atomic mass is 19.1. The largest absolute Gasteiger partial charge is 0.372 e. The molecule has 3 rings (SSSR count). The lowest BCUT2D eigenvalue weighted by atomic mass is 10.0. The van der Waals surface area contributed by atoms with Crippen LogP contribution in [0.5, 0.6) is 0 Å². The first-order valence-corrected chi connectivity index (χ1v) is 14.0. The van der Waals surface area contributed by atoms with Crippen molar-refractivity contribution in [3.8, 4) is 0 Å². The Morgan fingerprint density at radius 1 is 0.806 bits per heavy atom. The van der Waals surface area contributed by atoms with Crippen molar-refractivity contribution < 1.29 is 8.96 Å². The molecule has 0 fully saturated rings. The number of halogens is 1. The van der Waals surface area contributed by atoms with Gasteiger partial charge in [0.05, 0.1) is 0 Å². The van der Waals surface area contributed by atoms with Crippen molar-refractivity contribution in [2.24, 2.45) is 0 Å². The summed E-state index contributed by atoms with van der Waals surface area (Å²) in [5.74, 6) is -0.179. The number of rotatable bonds is 15. The highest BCUT2D eigenvalue weighted by molar-refractivity contribution is 5.94. The van der Waals surface area contributed by atoms with Crippen molar-refractivity contribution in [2.45, 2.75) is 66.3 Å². The Morgan fingerprint density at radius 2 is 1.53 bits per heavy atom. The van der Waals surface area contributed by atoms with Gasteiger partial charge in [0.1, 0.15) is 6.54 Å². The van der Waals surface area contributed by atoms with Gasteiger partial charge in [0.15, 0.2) is 12.0 Å². The number of benzene rings is 2. The van der Waals surface area contributed by atoms with Gasteiger partial charge in [0, 0.05) is 43.4 Å². The minimum absolute atomic E-state index is 0.179. The van der Waals surface area contributed by atoms with E-state index in [1.807, 2.05) is 29.0 Å². The van der Waals surface area contributed by atoms with Crippen LogP contribution in [0.2, 0.25) is 0 Å². The van der Waals surface area contributed by atoms with E-state index < -0.39 is 0 Å². The molecule has 0 aliphatic heterocycles. The molecule has 1 heterocycles. The lowest BCUT2D eigenvalue weighted by Gasteiger charge is -2.25. The van der Waals surface area contributed by atoms with Crippen molar-refractivity contribution in [3.05, 3.63) is 71.8 Å². The number of fused-ring (bicyclic) bond motifs is 1. The number of anilines is 1. The third-order valence-corrected chi connectivity index (χ3v) is 7.05. The SMILES string of the molecule is CCCCN(CCCC)c1ccc2c(/C=C/c3cc[n+](CCCN(CC)CC)cc3F)cccc2c1. The highest BCUT2D eigenvalue weighted by Gasteiger charge is 2.10. The third kappa shape index (κ3) is 7.89. The summed E-state index contributed by atoms with van der Waals surface area (Å²) in [6.07, 6.45) is 13.4. The number of aromatic nitrogens is 1. The van der Waals surface area contributed by atoms with Crippen molar-refractivity contribution in [3.63, 3.8) is 0 Å². The van der Waals surface area contributed by atoms with Crippen LogP contribution in [0.15, 0.2) is 54.9 Å².